The minimum Gasteiger partial charge on any atom is -0.282 e. The molecule has 0 aliphatic carbocycles. The number of aromatic nitrogens is 1. The maximum atomic E-state index is 10.9. The second kappa shape index (κ2) is 6.07. The lowest BCUT2D eigenvalue weighted by molar-refractivity contribution is -0.129. The van der Waals surface area contributed by atoms with Crippen molar-refractivity contribution in [1.82, 2.24) is 9.88 Å². The molecule has 0 unspecified atom stereocenters. The van der Waals surface area contributed by atoms with E-state index in [1.807, 2.05) is 30.5 Å². The normalized spacial score (nSPS) is 10.6. The van der Waals surface area contributed by atoms with Gasteiger partial charge < -0.3 is 0 Å². The van der Waals surface area contributed by atoms with Crippen molar-refractivity contribution in [2.45, 2.75) is 13.5 Å². The van der Waals surface area contributed by atoms with E-state index < -0.39 is 0 Å². The highest BCUT2D eigenvalue weighted by Gasteiger charge is 2.15. The Kier molecular flexibility index (Phi) is 3.98. The summed E-state index contributed by atoms with van der Waals surface area (Å²) in [6.07, 6.45) is 1.05. The van der Waals surface area contributed by atoms with Crippen molar-refractivity contribution in [2.75, 3.05) is 0 Å². The van der Waals surface area contributed by atoms with Crippen LogP contribution < -0.4 is 0 Å². The summed E-state index contributed by atoms with van der Waals surface area (Å²) < 4.78 is 0. The predicted molar refractivity (Wildman–Crippen MR) is 87.5 cm³/mol. The number of rotatable bonds is 5. The lowest BCUT2D eigenvalue weighted by Gasteiger charge is -2.15. The Balaban J connectivity index is 2.21. The van der Waals surface area contributed by atoms with Crippen molar-refractivity contribution >= 4 is 34.4 Å². The molecule has 0 spiro atoms. The van der Waals surface area contributed by atoms with E-state index >= 15 is 0 Å². The van der Waals surface area contributed by atoms with Crippen LogP contribution in [0.1, 0.15) is 11.3 Å². The van der Waals surface area contributed by atoms with Gasteiger partial charge in [0, 0.05) is 5.39 Å². The second-order valence-corrected chi connectivity index (χ2v) is 5.84. The monoisotopic (exact) mass is 310 g/mol. The third-order valence-electron chi connectivity index (χ3n) is 3.62. The number of nitrogens with zero attached hydrogens (tertiary/aromatic N) is 2. The van der Waals surface area contributed by atoms with E-state index in [0.717, 1.165) is 37.5 Å². The van der Waals surface area contributed by atoms with Crippen LogP contribution in [-0.2, 0) is 16.1 Å². The molecular formula is C17H14N2O2S. The zero-order valence-electron chi connectivity index (χ0n) is 12.0. The average molecular weight is 310 g/mol. The number of hydrogen-bond donors (Lipinski definition) is 0. The lowest BCUT2D eigenvalue weighted by atomic mass is 9.97. The molecule has 0 aliphatic rings. The summed E-state index contributed by atoms with van der Waals surface area (Å²) in [5.74, 6) is 0. The molecule has 1 aromatic carbocycles. The first-order chi connectivity index (χ1) is 10.7. The third-order valence-corrected chi connectivity index (χ3v) is 4.43. The highest BCUT2D eigenvalue weighted by atomic mass is 32.1. The molecule has 22 heavy (non-hydrogen) atoms. The Bertz CT molecular complexity index is 819. The van der Waals surface area contributed by atoms with Gasteiger partial charge in [0.05, 0.1) is 12.2 Å². The standard InChI is InChI=1S/C17H14N2O2S/c1-12-15(9-19(10-20)11-21)18-17-14(7-8-22-17)16(12)13-5-3-2-4-6-13/h2-8,10-11H,9H2,1H3. The highest BCUT2D eigenvalue weighted by molar-refractivity contribution is 7.16. The van der Waals surface area contributed by atoms with Crippen molar-refractivity contribution in [3.8, 4) is 11.1 Å². The summed E-state index contributed by atoms with van der Waals surface area (Å²) in [6, 6.07) is 12.1. The maximum Gasteiger partial charge on any atom is 0.216 e. The topological polar surface area (TPSA) is 50.3 Å². The zero-order chi connectivity index (χ0) is 15.5. The second-order valence-electron chi connectivity index (χ2n) is 4.95. The number of carbonyl (C=O) groups is 2. The van der Waals surface area contributed by atoms with E-state index in [4.69, 9.17) is 0 Å². The van der Waals surface area contributed by atoms with Crippen LogP contribution in [0.4, 0.5) is 0 Å². The van der Waals surface area contributed by atoms with Crippen LogP contribution in [0.25, 0.3) is 21.3 Å². The SMILES string of the molecule is Cc1c(CN(C=O)C=O)nc2sccc2c1-c1ccccc1. The number of carbonyl (C=O) groups excluding carboxylic acids is 2. The highest BCUT2D eigenvalue weighted by Crippen LogP contribution is 2.35. The van der Waals surface area contributed by atoms with Gasteiger partial charge in [0.15, 0.2) is 0 Å². The van der Waals surface area contributed by atoms with Gasteiger partial charge in [-0.3, -0.25) is 14.5 Å². The number of pyridine rings is 1. The Morgan fingerprint density at radius 1 is 1.14 bits per heavy atom. The summed E-state index contributed by atoms with van der Waals surface area (Å²) in [7, 11) is 0. The summed E-state index contributed by atoms with van der Waals surface area (Å²) in [5.41, 5.74) is 3.95. The van der Waals surface area contributed by atoms with E-state index in [1.165, 1.54) is 0 Å². The van der Waals surface area contributed by atoms with Gasteiger partial charge >= 0.3 is 0 Å². The quantitative estimate of drug-likeness (QED) is 0.679. The van der Waals surface area contributed by atoms with Crippen molar-refractivity contribution in [2.24, 2.45) is 0 Å². The Hall–Kier alpha value is -2.53. The van der Waals surface area contributed by atoms with Crippen LogP contribution in [0.2, 0.25) is 0 Å². The number of hydrogen-bond acceptors (Lipinski definition) is 4. The van der Waals surface area contributed by atoms with Gasteiger partial charge in [0.1, 0.15) is 4.83 Å². The molecular weight excluding hydrogens is 296 g/mol. The van der Waals surface area contributed by atoms with E-state index in [1.54, 1.807) is 11.3 Å². The first kappa shape index (κ1) is 14.4. The average Bonchev–Trinajstić information content (AvgIpc) is 3.01. The fraction of sp³-hybridized carbons (Fsp3) is 0.118. The minimum absolute atomic E-state index is 0.187. The number of imide groups is 1. The molecule has 2 aromatic heterocycles. The Morgan fingerprint density at radius 3 is 2.55 bits per heavy atom. The molecule has 0 atom stereocenters. The van der Waals surface area contributed by atoms with Gasteiger partial charge in [-0.05, 0) is 35.1 Å². The van der Waals surface area contributed by atoms with Gasteiger partial charge in [-0.25, -0.2) is 4.98 Å². The van der Waals surface area contributed by atoms with Crippen LogP contribution in [0.5, 0.6) is 0 Å². The van der Waals surface area contributed by atoms with Gasteiger partial charge in [-0.1, -0.05) is 30.3 Å². The fourth-order valence-corrected chi connectivity index (χ4v) is 3.33. The van der Waals surface area contributed by atoms with Gasteiger partial charge in [0.25, 0.3) is 0 Å². The number of benzene rings is 1. The summed E-state index contributed by atoms with van der Waals surface area (Å²) in [4.78, 5) is 28.4. The van der Waals surface area contributed by atoms with E-state index in [0.29, 0.717) is 12.8 Å². The Morgan fingerprint density at radius 2 is 1.86 bits per heavy atom. The summed E-state index contributed by atoms with van der Waals surface area (Å²) in [5, 5.41) is 3.10. The molecule has 2 heterocycles. The number of amides is 2. The lowest BCUT2D eigenvalue weighted by Crippen LogP contribution is -2.20. The fourth-order valence-electron chi connectivity index (χ4n) is 2.53. The maximum absolute atomic E-state index is 10.9. The van der Waals surface area contributed by atoms with Crippen LogP contribution in [0.15, 0.2) is 41.8 Å². The molecule has 0 radical (unpaired) electrons. The van der Waals surface area contributed by atoms with Crippen molar-refractivity contribution in [1.29, 1.82) is 0 Å². The molecule has 110 valence electrons. The third kappa shape index (κ3) is 2.51. The van der Waals surface area contributed by atoms with Gasteiger partial charge in [0.2, 0.25) is 12.8 Å². The smallest absolute Gasteiger partial charge is 0.216 e. The predicted octanol–water partition coefficient (Wildman–Crippen LogP) is 3.39. The van der Waals surface area contributed by atoms with Crippen molar-refractivity contribution < 1.29 is 9.59 Å². The Labute approximate surface area is 132 Å². The summed E-state index contributed by atoms with van der Waals surface area (Å²) >= 11 is 1.56. The number of thiophene rings is 1. The molecule has 0 bridgehead atoms. The van der Waals surface area contributed by atoms with E-state index in [2.05, 4.69) is 23.2 Å². The summed E-state index contributed by atoms with van der Waals surface area (Å²) in [6.45, 7) is 2.17. The molecule has 0 N–H and O–H groups in total. The van der Waals surface area contributed by atoms with Crippen molar-refractivity contribution in [3.63, 3.8) is 0 Å². The molecule has 5 heteroatoms. The molecule has 4 nitrogen and oxygen atoms in total. The largest absolute Gasteiger partial charge is 0.282 e. The molecule has 0 saturated heterocycles. The first-order valence-corrected chi connectivity index (χ1v) is 7.71. The molecule has 0 saturated carbocycles. The molecule has 2 amide bonds. The van der Waals surface area contributed by atoms with Crippen molar-refractivity contribution in [3.05, 3.63) is 53.0 Å². The molecule has 3 aromatic rings. The minimum atomic E-state index is 0.187. The molecule has 0 fully saturated rings. The molecule has 0 aliphatic heterocycles. The van der Waals surface area contributed by atoms with E-state index in [9.17, 15) is 9.59 Å². The zero-order valence-corrected chi connectivity index (χ0v) is 12.8. The van der Waals surface area contributed by atoms with E-state index in [-0.39, 0.29) is 6.54 Å². The van der Waals surface area contributed by atoms with Gasteiger partial charge in [-0.2, -0.15) is 0 Å². The number of fused-ring (bicyclic) bond motifs is 1. The van der Waals surface area contributed by atoms with Gasteiger partial charge in [-0.15, -0.1) is 11.3 Å². The first-order valence-electron chi connectivity index (χ1n) is 6.83. The van der Waals surface area contributed by atoms with Crippen LogP contribution in [0, 0.1) is 6.92 Å². The molecule has 3 rings (SSSR count). The van der Waals surface area contributed by atoms with Crippen LogP contribution in [-0.4, -0.2) is 22.7 Å². The van der Waals surface area contributed by atoms with Crippen LogP contribution in [0.3, 0.4) is 0 Å². The van der Waals surface area contributed by atoms with Crippen LogP contribution >= 0.6 is 11.3 Å².